The molecule has 0 aliphatic carbocycles. The lowest BCUT2D eigenvalue weighted by Crippen LogP contribution is -2.30. The second-order valence-corrected chi connectivity index (χ2v) is 4.89. The number of hydrogen-bond donors (Lipinski definition) is 2. The van der Waals surface area contributed by atoms with Gasteiger partial charge in [-0.3, -0.25) is 10.1 Å². The molecule has 1 aromatic rings. The first-order valence-electron chi connectivity index (χ1n) is 6.23. The zero-order valence-corrected chi connectivity index (χ0v) is 10.9. The van der Waals surface area contributed by atoms with Crippen molar-refractivity contribution in [1.82, 2.24) is 15.3 Å². The first kappa shape index (κ1) is 13.2. The standard InChI is InChI=1S/C12H17ClN4O/c13-10-5-7-15-12(16-10)17-11(18)4-3-9-2-1-6-14-8-9/h5,7,9,14H,1-4,6,8H2,(H,15,16,17,18). The first-order valence-corrected chi connectivity index (χ1v) is 6.61. The molecule has 1 aliphatic heterocycles. The smallest absolute Gasteiger partial charge is 0.230 e. The Balaban J connectivity index is 1.74. The van der Waals surface area contributed by atoms with Gasteiger partial charge in [-0.1, -0.05) is 11.6 Å². The van der Waals surface area contributed by atoms with Gasteiger partial charge >= 0.3 is 0 Å². The van der Waals surface area contributed by atoms with Crippen molar-refractivity contribution < 1.29 is 4.79 Å². The molecule has 1 unspecified atom stereocenters. The monoisotopic (exact) mass is 268 g/mol. The topological polar surface area (TPSA) is 66.9 Å². The summed E-state index contributed by atoms with van der Waals surface area (Å²) in [4.78, 5) is 19.6. The van der Waals surface area contributed by atoms with E-state index in [1.54, 1.807) is 6.07 Å². The predicted molar refractivity (Wildman–Crippen MR) is 70.5 cm³/mol. The summed E-state index contributed by atoms with van der Waals surface area (Å²) < 4.78 is 0. The van der Waals surface area contributed by atoms with E-state index in [1.807, 2.05) is 0 Å². The van der Waals surface area contributed by atoms with Crippen LogP contribution in [0.2, 0.25) is 5.15 Å². The van der Waals surface area contributed by atoms with Gasteiger partial charge in [-0.05, 0) is 44.3 Å². The van der Waals surface area contributed by atoms with Crippen molar-refractivity contribution >= 4 is 23.5 Å². The molecule has 1 amide bonds. The maximum absolute atomic E-state index is 11.7. The maximum Gasteiger partial charge on any atom is 0.230 e. The van der Waals surface area contributed by atoms with Crippen LogP contribution >= 0.6 is 11.6 Å². The summed E-state index contributed by atoms with van der Waals surface area (Å²) in [6.45, 7) is 2.11. The number of nitrogens with zero attached hydrogens (tertiary/aromatic N) is 2. The van der Waals surface area contributed by atoms with Gasteiger partial charge in [0.1, 0.15) is 5.15 Å². The summed E-state index contributed by atoms with van der Waals surface area (Å²) in [7, 11) is 0. The molecule has 0 radical (unpaired) electrons. The van der Waals surface area contributed by atoms with Crippen molar-refractivity contribution in [3.63, 3.8) is 0 Å². The number of anilines is 1. The van der Waals surface area contributed by atoms with Crippen LogP contribution < -0.4 is 10.6 Å². The number of piperidine rings is 1. The van der Waals surface area contributed by atoms with Crippen molar-refractivity contribution in [2.45, 2.75) is 25.7 Å². The molecule has 1 aliphatic rings. The molecule has 2 N–H and O–H groups in total. The van der Waals surface area contributed by atoms with Crippen LogP contribution in [0.3, 0.4) is 0 Å². The Hall–Kier alpha value is -1.20. The van der Waals surface area contributed by atoms with Gasteiger partial charge in [-0.15, -0.1) is 0 Å². The van der Waals surface area contributed by atoms with Gasteiger partial charge < -0.3 is 5.32 Å². The maximum atomic E-state index is 11.7. The number of carbonyl (C=O) groups is 1. The van der Waals surface area contributed by atoms with Crippen LogP contribution in [0, 0.1) is 5.92 Å². The number of carbonyl (C=O) groups excluding carboxylic acids is 1. The molecule has 1 aromatic heterocycles. The van der Waals surface area contributed by atoms with Gasteiger partial charge in [-0.25, -0.2) is 9.97 Å². The third-order valence-corrected chi connectivity index (χ3v) is 3.26. The van der Waals surface area contributed by atoms with Gasteiger partial charge in [0.05, 0.1) is 0 Å². The van der Waals surface area contributed by atoms with Crippen LogP contribution in [0.15, 0.2) is 12.3 Å². The minimum absolute atomic E-state index is 0.0529. The Morgan fingerprint density at radius 3 is 3.22 bits per heavy atom. The highest BCUT2D eigenvalue weighted by atomic mass is 35.5. The molecule has 0 aromatic carbocycles. The minimum Gasteiger partial charge on any atom is -0.316 e. The highest BCUT2D eigenvalue weighted by molar-refractivity contribution is 6.29. The van der Waals surface area contributed by atoms with Gasteiger partial charge in [0.15, 0.2) is 0 Å². The lowest BCUT2D eigenvalue weighted by atomic mass is 9.94. The van der Waals surface area contributed by atoms with Gasteiger partial charge in [0, 0.05) is 12.6 Å². The Labute approximate surface area is 111 Å². The number of rotatable bonds is 4. The molecular formula is C12H17ClN4O. The average Bonchev–Trinajstić information content (AvgIpc) is 2.38. The predicted octanol–water partition coefficient (Wildman–Crippen LogP) is 1.85. The summed E-state index contributed by atoms with van der Waals surface area (Å²) in [6, 6.07) is 1.57. The summed E-state index contributed by atoms with van der Waals surface area (Å²) >= 11 is 5.72. The minimum atomic E-state index is -0.0529. The molecule has 18 heavy (non-hydrogen) atoms. The number of amides is 1. The Kier molecular flexibility index (Phi) is 4.90. The van der Waals surface area contributed by atoms with E-state index < -0.39 is 0 Å². The molecule has 2 heterocycles. The number of aromatic nitrogens is 2. The molecule has 1 saturated heterocycles. The molecule has 98 valence electrons. The van der Waals surface area contributed by atoms with E-state index in [0.717, 1.165) is 19.5 Å². The van der Waals surface area contributed by atoms with Gasteiger partial charge in [0.2, 0.25) is 11.9 Å². The Morgan fingerprint density at radius 1 is 1.61 bits per heavy atom. The Morgan fingerprint density at radius 2 is 2.50 bits per heavy atom. The molecular weight excluding hydrogens is 252 g/mol. The van der Waals surface area contributed by atoms with Crippen LogP contribution in [0.4, 0.5) is 5.95 Å². The van der Waals surface area contributed by atoms with Crippen molar-refractivity contribution in [2.75, 3.05) is 18.4 Å². The Bertz CT molecular complexity index is 407. The van der Waals surface area contributed by atoms with Crippen LogP contribution in [0.5, 0.6) is 0 Å². The van der Waals surface area contributed by atoms with Crippen molar-refractivity contribution in [3.8, 4) is 0 Å². The second-order valence-electron chi connectivity index (χ2n) is 4.50. The zero-order chi connectivity index (χ0) is 12.8. The summed E-state index contributed by atoms with van der Waals surface area (Å²) in [6.07, 6.45) is 5.33. The molecule has 0 spiro atoms. The molecule has 6 heteroatoms. The fraction of sp³-hybridized carbons (Fsp3) is 0.583. The molecule has 0 saturated carbocycles. The van der Waals surface area contributed by atoms with Crippen molar-refractivity contribution in [1.29, 1.82) is 0 Å². The fourth-order valence-electron chi connectivity index (χ4n) is 2.09. The third-order valence-electron chi connectivity index (χ3n) is 3.05. The largest absolute Gasteiger partial charge is 0.316 e. The van der Waals surface area contributed by atoms with Gasteiger partial charge in [-0.2, -0.15) is 0 Å². The van der Waals surface area contributed by atoms with Crippen molar-refractivity contribution in [2.24, 2.45) is 5.92 Å². The third kappa shape index (κ3) is 4.23. The van der Waals surface area contributed by atoms with E-state index in [1.165, 1.54) is 19.0 Å². The van der Waals surface area contributed by atoms with E-state index in [9.17, 15) is 4.79 Å². The van der Waals surface area contributed by atoms with Crippen LogP contribution in [0.25, 0.3) is 0 Å². The highest BCUT2D eigenvalue weighted by Crippen LogP contribution is 2.16. The quantitative estimate of drug-likeness (QED) is 0.818. The summed E-state index contributed by atoms with van der Waals surface area (Å²) in [5.41, 5.74) is 0. The van der Waals surface area contributed by atoms with Crippen LogP contribution in [0.1, 0.15) is 25.7 Å². The summed E-state index contributed by atoms with van der Waals surface area (Å²) in [5, 5.41) is 6.33. The highest BCUT2D eigenvalue weighted by Gasteiger charge is 2.14. The SMILES string of the molecule is O=C(CCC1CCCNC1)Nc1nccc(Cl)n1. The normalized spacial score (nSPS) is 19.5. The van der Waals surface area contributed by atoms with E-state index in [2.05, 4.69) is 20.6 Å². The second kappa shape index (κ2) is 6.66. The van der Waals surface area contributed by atoms with Crippen LogP contribution in [-0.2, 0) is 4.79 Å². The summed E-state index contributed by atoms with van der Waals surface area (Å²) in [5.74, 6) is 0.821. The lowest BCUT2D eigenvalue weighted by molar-refractivity contribution is -0.116. The van der Waals surface area contributed by atoms with E-state index in [4.69, 9.17) is 11.6 Å². The number of hydrogen-bond acceptors (Lipinski definition) is 4. The van der Waals surface area contributed by atoms with Crippen LogP contribution in [-0.4, -0.2) is 29.0 Å². The van der Waals surface area contributed by atoms with E-state index in [-0.39, 0.29) is 11.9 Å². The number of halogens is 1. The van der Waals surface area contributed by atoms with Gasteiger partial charge in [0.25, 0.3) is 0 Å². The average molecular weight is 269 g/mol. The first-order chi connectivity index (χ1) is 8.74. The number of nitrogens with one attached hydrogen (secondary N) is 2. The molecule has 0 bridgehead atoms. The van der Waals surface area contributed by atoms with E-state index >= 15 is 0 Å². The molecule has 2 rings (SSSR count). The molecule has 5 nitrogen and oxygen atoms in total. The molecule has 1 atom stereocenters. The fourth-order valence-corrected chi connectivity index (χ4v) is 2.23. The zero-order valence-electron chi connectivity index (χ0n) is 10.2. The molecule has 1 fully saturated rings. The lowest BCUT2D eigenvalue weighted by Gasteiger charge is -2.22. The van der Waals surface area contributed by atoms with Crippen molar-refractivity contribution in [3.05, 3.63) is 17.4 Å². The van der Waals surface area contributed by atoms with E-state index in [0.29, 0.717) is 17.5 Å².